The van der Waals surface area contributed by atoms with Crippen molar-refractivity contribution >= 4 is 16.9 Å². The van der Waals surface area contributed by atoms with Gasteiger partial charge in [0.1, 0.15) is 28.3 Å². The lowest BCUT2D eigenvalue weighted by Crippen LogP contribution is -2.16. The zero-order chi connectivity index (χ0) is 20.4. The molecule has 0 fully saturated rings. The molecule has 4 rings (SSSR count). The molecule has 2 aromatic heterocycles. The van der Waals surface area contributed by atoms with Gasteiger partial charge in [-0.3, -0.25) is 0 Å². The number of fused-ring (bicyclic) bond motifs is 1. The van der Waals surface area contributed by atoms with Crippen LogP contribution in [-0.2, 0) is 4.74 Å². The second-order valence-corrected chi connectivity index (χ2v) is 6.14. The quantitative estimate of drug-likeness (QED) is 0.381. The number of methoxy groups -OCH3 is 1. The molecule has 8 nitrogen and oxygen atoms in total. The third-order valence-corrected chi connectivity index (χ3v) is 4.34. The van der Waals surface area contributed by atoms with Gasteiger partial charge in [-0.25, -0.2) is 14.3 Å². The lowest BCUT2D eigenvalue weighted by atomic mass is 10.1. The Balaban J connectivity index is 1.83. The lowest BCUT2D eigenvalue weighted by molar-refractivity contribution is 0.0522. The summed E-state index contributed by atoms with van der Waals surface area (Å²) in [6, 6.07) is 14.4. The van der Waals surface area contributed by atoms with Gasteiger partial charge in [0.25, 0.3) is 0 Å². The monoisotopic (exact) mass is 391 g/mol. The molecule has 0 spiro atoms. The molecule has 0 bridgehead atoms. The second-order valence-electron chi connectivity index (χ2n) is 6.14. The summed E-state index contributed by atoms with van der Waals surface area (Å²) in [6.45, 7) is 1.82. The highest BCUT2D eigenvalue weighted by Gasteiger charge is 2.18. The van der Waals surface area contributed by atoms with Crippen molar-refractivity contribution in [1.82, 2.24) is 15.0 Å². The summed E-state index contributed by atoms with van der Waals surface area (Å²) in [4.78, 5) is 24.1. The summed E-state index contributed by atoms with van der Waals surface area (Å²) < 4.78 is 17.2. The van der Waals surface area contributed by atoms with E-state index in [1.54, 1.807) is 29.9 Å². The molecule has 0 atom stereocenters. The highest BCUT2D eigenvalue weighted by atomic mass is 16.5. The standard InChI is InChI=1S/C21H17N3O5/c1-3-28-20(25)15-9-14-10-17(19(27-2)11-18(14)29-21(15)26)24-12-16(22-23-24)13-7-5-4-6-8-13/h4-12H,3H2,1-2H3. The van der Waals surface area contributed by atoms with Gasteiger partial charge in [-0.15, -0.1) is 5.10 Å². The molecule has 29 heavy (non-hydrogen) atoms. The van der Waals surface area contributed by atoms with E-state index in [4.69, 9.17) is 13.9 Å². The van der Waals surface area contributed by atoms with Crippen molar-refractivity contribution in [2.45, 2.75) is 6.92 Å². The Morgan fingerprint density at radius 2 is 1.97 bits per heavy atom. The van der Waals surface area contributed by atoms with Gasteiger partial charge in [0.05, 0.1) is 19.9 Å². The Morgan fingerprint density at radius 3 is 2.69 bits per heavy atom. The van der Waals surface area contributed by atoms with Gasteiger partial charge in [0, 0.05) is 17.0 Å². The number of hydrogen-bond donors (Lipinski definition) is 0. The number of rotatable bonds is 5. The van der Waals surface area contributed by atoms with E-state index >= 15 is 0 Å². The maximum Gasteiger partial charge on any atom is 0.351 e. The molecule has 0 saturated carbocycles. The van der Waals surface area contributed by atoms with Crippen LogP contribution in [0.25, 0.3) is 27.9 Å². The van der Waals surface area contributed by atoms with E-state index in [-0.39, 0.29) is 17.8 Å². The van der Waals surface area contributed by atoms with Crippen LogP contribution in [0.3, 0.4) is 0 Å². The van der Waals surface area contributed by atoms with Crippen LogP contribution in [0, 0.1) is 0 Å². The van der Waals surface area contributed by atoms with E-state index in [0.717, 1.165) is 5.56 Å². The predicted molar refractivity (Wildman–Crippen MR) is 105 cm³/mol. The Hall–Kier alpha value is -3.94. The molecular formula is C21H17N3O5. The van der Waals surface area contributed by atoms with Crippen molar-refractivity contribution < 1.29 is 18.7 Å². The summed E-state index contributed by atoms with van der Waals surface area (Å²) in [6.07, 6.45) is 1.77. The number of esters is 1. The fourth-order valence-corrected chi connectivity index (χ4v) is 2.95. The first-order chi connectivity index (χ1) is 14.1. The van der Waals surface area contributed by atoms with Gasteiger partial charge in [-0.2, -0.15) is 0 Å². The van der Waals surface area contributed by atoms with Crippen molar-refractivity contribution in [3.63, 3.8) is 0 Å². The Bertz CT molecular complexity index is 1240. The minimum atomic E-state index is -0.766. The number of aromatic nitrogens is 3. The largest absolute Gasteiger partial charge is 0.494 e. The third-order valence-electron chi connectivity index (χ3n) is 4.34. The van der Waals surface area contributed by atoms with Crippen LogP contribution in [0.2, 0.25) is 0 Å². The molecule has 8 heteroatoms. The van der Waals surface area contributed by atoms with Gasteiger partial charge in [-0.1, -0.05) is 35.5 Å². The van der Waals surface area contributed by atoms with E-state index in [0.29, 0.717) is 22.5 Å². The molecule has 0 N–H and O–H groups in total. The summed E-state index contributed by atoms with van der Waals surface area (Å²) >= 11 is 0. The molecule has 0 aliphatic heterocycles. The maximum atomic E-state index is 12.1. The van der Waals surface area contributed by atoms with Crippen LogP contribution < -0.4 is 10.4 Å². The average molecular weight is 391 g/mol. The molecule has 0 aliphatic carbocycles. The van der Waals surface area contributed by atoms with E-state index in [1.165, 1.54) is 13.2 Å². The zero-order valence-electron chi connectivity index (χ0n) is 15.8. The lowest BCUT2D eigenvalue weighted by Gasteiger charge is -2.10. The van der Waals surface area contributed by atoms with Crippen LogP contribution in [0.5, 0.6) is 5.75 Å². The third kappa shape index (κ3) is 3.47. The first kappa shape index (κ1) is 18.4. The molecule has 2 aromatic carbocycles. The summed E-state index contributed by atoms with van der Waals surface area (Å²) in [5, 5.41) is 8.93. The highest BCUT2D eigenvalue weighted by Crippen LogP contribution is 2.29. The smallest absolute Gasteiger partial charge is 0.351 e. The van der Waals surface area contributed by atoms with Crippen LogP contribution in [-0.4, -0.2) is 34.7 Å². The number of carbonyl (C=O) groups excluding carboxylic acids is 1. The first-order valence-corrected chi connectivity index (χ1v) is 8.92. The highest BCUT2D eigenvalue weighted by molar-refractivity contribution is 5.93. The number of benzene rings is 2. The molecule has 0 saturated heterocycles. The first-order valence-electron chi connectivity index (χ1n) is 8.92. The van der Waals surface area contributed by atoms with E-state index in [1.807, 2.05) is 30.3 Å². The SMILES string of the molecule is CCOC(=O)c1cc2cc(-n3cc(-c4ccccc4)nn3)c(OC)cc2oc1=O. The minimum absolute atomic E-state index is 0.158. The van der Waals surface area contributed by atoms with Crippen molar-refractivity contribution in [3.8, 4) is 22.7 Å². The fourth-order valence-electron chi connectivity index (χ4n) is 2.95. The summed E-state index contributed by atoms with van der Waals surface area (Å²) in [7, 11) is 1.50. The topological polar surface area (TPSA) is 96.5 Å². The van der Waals surface area contributed by atoms with Crippen molar-refractivity contribution in [1.29, 1.82) is 0 Å². The Morgan fingerprint density at radius 1 is 1.17 bits per heavy atom. The molecule has 0 aliphatic rings. The van der Waals surface area contributed by atoms with Gasteiger partial charge in [0.2, 0.25) is 0 Å². The van der Waals surface area contributed by atoms with Gasteiger partial charge < -0.3 is 13.9 Å². The molecule has 146 valence electrons. The zero-order valence-corrected chi connectivity index (χ0v) is 15.8. The van der Waals surface area contributed by atoms with Crippen LogP contribution >= 0.6 is 0 Å². The maximum absolute atomic E-state index is 12.1. The second kappa shape index (κ2) is 7.59. The number of nitrogens with zero attached hydrogens (tertiary/aromatic N) is 3. The number of hydrogen-bond acceptors (Lipinski definition) is 7. The Labute approximate surface area is 165 Å². The summed E-state index contributed by atoms with van der Waals surface area (Å²) in [5.41, 5.74) is 1.55. The average Bonchev–Trinajstić information content (AvgIpc) is 3.23. The van der Waals surface area contributed by atoms with E-state index < -0.39 is 11.6 Å². The van der Waals surface area contributed by atoms with Crippen LogP contribution in [0.1, 0.15) is 17.3 Å². The molecular weight excluding hydrogens is 374 g/mol. The van der Waals surface area contributed by atoms with Crippen molar-refractivity contribution in [3.05, 3.63) is 70.7 Å². The predicted octanol–water partition coefficient (Wildman–Crippen LogP) is 3.23. The molecule has 0 amide bonds. The molecule has 0 radical (unpaired) electrons. The van der Waals surface area contributed by atoms with Crippen molar-refractivity contribution in [2.75, 3.05) is 13.7 Å². The van der Waals surface area contributed by atoms with Crippen LogP contribution in [0.15, 0.2) is 63.9 Å². The van der Waals surface area contributed by atoms with Crippen molar-refractivity contribution in [2.24, 2.45) is 0 Å². The van der Waals surface area contributed by atoms with Gasteiger partial charge in [-0.05, 0) is 19.1 Å². The summed E-state index contributed by atoms with van der Waals surface area (Å²) in [5.74, 6) is -0.290. The van der Waals surface area contributed by atoms with Crippen LogP contribution in [0.4, 0.5) is 0 Å². The normalized spacial score (nSPS) is 10.8. The molecule has 4 aromatic rings. The number of ether oxygens (including phenoxy) is 2. The van der Waals surface area contributed by atoms with E-state index in [2.05, 4.69) is 10.3 Å². The minimum Gasteiger partial charge on any atom is -0.494 e. The number of carbonyl (C=O) groups is 1. The molecule has 2 heterocycles. The molecule has 0 unspecified atom stereocenters. The van der Waals surface area contributed by atoms with E-state index in [9.17, 15) is 9.59 Å². The van der Waals surface area contributed by atoms with Gasteiger partial charge >= 0.3 is 11.6 Å². The Kier molecular flexibility index (Phi) is 4.82. The van der Waals surface area contributed by atoms with Gasteiger partial charge in [0.15, 0.2) is 0 Å². The fraction of sp³-hybridized carbons (Fsp3) is 0.143.